The lowest BCUT2D eigenvalue weighted by Gasteiger charge is -2.28. The van der Waals surface area contributed by atoms with Gasteiger partial charge in [0.15, 0.2) is 0 Å². The molecule has 0 aliphatic heterocycles. The summed E-state index contributed by atoms with van der Waals surface area (Å²) < 4.78 is 0. The molecule has 2 aliphatic carbocycles. The maximum atomic E-state index is 10.2. The highest BCUT2D eigenvalue weighted by Gasteiger charge is 2.63. The monoisotopic (exact) mass is 198 g/mol. The van der Waals surface area contributed by atoms with Crippen molar-refractivity contribution in [1.82, 2.24) is 0 Å². The van der Waals surface area contributed by atoms with Gasteiger partial charge in [-0.15, -0.1) is 0 Å². The molecule has 2 heteroatoms. The molecule has 13 heavy (non-hydrogen) atoms. The van der Waals surface area contributed by atoms with E-state index in [1.807, 2.05) is 0 Å². The molecule has 1 N–H and O–H groups in total. The van der Waals surface area contributed by atoms with Gasteiger partial charge in [0.1, 0.15) is 0 Å². The molecular formula is C11H22OSi. The van der Waals surface area contributed by atoms with E-state index in [2.05, 4.69) is 26.6 Å². The third-order valence-electron chi connectivity index (χ3n) is 4.11. The van der Waals surface area contributed by atoms with Crippen molar-refractivity contribution in [2.45, 2.75) is 57.0 Å². The Morgan fingerprint density at radius 3 is 2.38 bits per heavy atom. The van der Waals surface area contributed by atoms with E-state index in [4.69, 9.17) is 0 Å². The summed E-state index contributed by atoms with van der Waals surface area (Å²) in [5.74, 6) is 1.54. The normalized spacial score (nSPS) is 50.1. The highest BCUT2D eigenvalue weighted by molar-refractivity contribution is 6.78. The zero-order valence-corrected chi connectivity index (χ0v) is 10.3. The lowest BCUT2D eigenvalue weighted by Crippen LogP contribution is -2.32. The van der Waals surface area contributed by atoms with Crippen LogP contribution in [-0.4, -0.2) is 18.8 Å². The summed E-state index contributed by atoms with van der Waals surface area (Å²) in [7, 11) is -1.00. The van der Waals surface area contributed by atoms with Crippen LogP contribution in [0.4, 0.5) is 0 Å². The van der Waals surface area contributed by atoms with Crippen LogP contribution in [0.3, 0.4) is 0 Å². The van der Waals surface area contributed by atoms with Gasteiger partial charge in [0.25, 0.3) is 0 Å². The highest BCUT2D eigenvalue weighted by Crippen LogP contribution is 2.67. The lowest BCUT2D eigenvalue weighted by molar-refractivity contribution is 0.00737. The molecule has 0 aromatic carbocycles. The first kappa shape index (κ1) is 9.72. The quantitative estimate of drug-likeness (QED) is 0.642. The smallest absolute Gasteiger partial charge is 0.0650 e. The van der Waals surface area contributed by atoms with Gasteiger partial charge in [-0.1, -0.05) is 26.1 Å². The largest absolute Gasteiger partial charge is 0.390 e. The van der Waals surface area contributed by atoms with E-state index in [1.54, 1.807) is 0 Å². The van der Waals surface area contributed by atoms with Crippen molar-refractivity contribution in [3.05, 3.63) is 0 Å². The summed E-state index contributed by atoms with van der Waals surface area (Å²) in [5, 5.41) is 10.2. The maximum Gasteiger partial charge on any atom is 0.0650 e. The van der Waals surface area contributed by atoms with Crippen LogP contribution in [0.1, 0.15) is 26.2 Å². The summed E-state index contributed by atoms with van der Waals surface area (Å²) in [5.41, 5.74) is 0.582. The Labute approximate surface area is 82.6 Å². The number of aliphatic hydroxyl groups is 1. The van der Waals surface area contributed by atoms with Gasteiger partial charge >= 0.3 is 0 Å². The van der Waals surface area contributed by atoms with Crippen LogP contribution in [-0.2, 0) is 0 Å². The van der Waals surface area contributed by atoms with E-state index in [0.717, 1.165) is 17.9 Å². The molecule has 0 aromatic rings. The van der Waals surface area contributed by atoms with Crippen LogP contribution in [0.5, 0.6) is 0 Å². The third kappa shape index (κ3) is 1.48. The maximum absolute atomic E-state index is 10.2. The Hall–Kier alpha value is 0.177. The molecule has 1 nitrogen and oxygen atoms in total. The van der Waals surface area contributed by atoms with E-state index in [0.29, 0.717) is 5.92 Å². The van der Waals surface area contributed by atoms with Crippen LogP contribution in [0.15, 0.2) is 0 Å². The zero-order valence-electron chi connectivity index (χ0n) is 9.30. The van der Waals surface area contributed by atoms with Crippen molar-refractivity contribution >= 4 is 8.07 Å². The van der Waals surface area contributed by atoms with Crippen molar-refractivity contribution < 1.29 is 5.11 Å². The van der Waals surface area contributed by atoms with E-state index < -0.39 is 8.07 Å². The standard InChI is InChI=1S/C11H22OSi/c1-11(12)7-5-6-8-9(11)10(8)13(2,3)4/h8-10,12H,5-7H2,1-4H3/t8-,9+,10?,11+/m0/s1. The fourth-order valence-electron chi connectivity index (χ4n) is 3.62. The molecule has 2 rings (SSSR count). The fourth-order valence-corrected chi connectivity index (χ4v) is 6.86. The molecule has 1 unspecified atom stereocenters. The minimum absolute atomic E-state index is 0.326. The highest BCUT2D eigenvalue weighted by atomic mass is 28.3. The molecule has 2 aliphatic rings. The molecule has 0 heterocycles. The van der Waals surface area contributed by atoms with Crippen molar-refractivity contribution in [1.29, 1.82) is 0 Å². The van der Waals surface area contributed by atoms with Gasteiger partial charge < -0.3 is 5.11 Å². The summed E-state index contributed by atoms with van der Waals surface area (Å²) in [6, 6.07) is 0. The first-order valence-electron chi connectivity index (χ1n) is 5.56. The Balaban J connectivity index is 2.14. The minimum atomic E-state index is -1.00. The molecule has 0 radical (unpaired) electrons. The van der Waals surface area contributed by atoms with Gasteiger partial charge in [-0.3, -0.25) is 0 Å². The Bertz CT molecular complexity index is 213. The van der Waals surface area contributed by atoms with Crippen molar-refractivity contribution in [2.75, 3.05) is 0 Å². The van der Waals surface area contributed by atoms with Gasteiger partial charge in [0.2, 0.25) is 0 Å². The van der Waals surface area contributed by atoms with Gasteiger partial charge in [0, 0.05) is 8.07 Å². The van der Waals surface area contributed by atoms with Crippen molar-refractivity contribution in [2.24, 2.45) is 11.8 Å². The molecule has 2 saturated carbocycles. The second-order valence-corrected chi connectivity index (χ2v) is 11.7. The SMILES string of the molecule is C[C@@]1(O)CCC[C@@H]2C([Si](C)(C)C)[C@@H]21. The first-order valence-corrected chi connectivity index (χ1v) is 9.14. The molecule has 0 amide bonds. The lowest BCUT2D eigenvalue weighted by atomic mass is 9.86. The van der Waals surface area contributed by atoms with Crippen LogP contribution >= 0.6 is 0 Å². The fraction of sp³-hybridized carbons (Fsp3) is 1.00. The third-order valence-corrected chi connectivity index (χ3v) is 6.89. The molecular weight excluding hydrogens is 176 g/mol. The Morgan fingerprint density at radius 1 is 1.31 bits per heavy atom. The summed E-state index contributed by atoms with van der Waals surface area (Å²) in [4.78, 5) is 0. The predicted octanol–water partition coefficient (Wildman–Crippen LogP) is 2.88. The summed E-state index contributed by atoms with van der Waals surface area (Å²) >= 11 is 0. The average molecular weight is 198 g/mol. The first-order chi connectivity index (χ1) is 5.84. The van der Waals surface area contributed by atoms with Gasteiger partial charge in [-0.05, 0) is 37.1 Å². The minimum Gasteiger partial charge on any atom is -0.390 e. The molecule has 0 saturated heterocycles. The van der Waals surface area contributed by atoms with Crippen LogP contribution in [0.25, 0.3) is 0 Å². The van der Waals surface area contributed by atoms with Crippen LogP contribution in [0.2, 0.25) is 25.2 Å². The second kappa shape index (κ2) is 2.60. The van der Waals surface area contributed by atoms with Crippen LogP contribution in [0, 0.1) is 11.8 Å². The molecule has 0 aromatic heterocycles. The summed E-state index contributed by atoms with van der Waals surface area (Å²) in [6.45, 7) is 9.41. The molecule has 76 valence electrons. The average Bonchev–Trinajstić information content (AvgIpc) is 2.59. The Morgan fingerprint density at radius 2 is 1.92 bits per heavy atom. The number of hydrogen-bond donors (Lipinski definition) is 1. The molecule has 4 atom stereocenters. The summed E-state index contributed by atoms with van der Waals surface area (Å²) in [6.07, 6.45) is 3.67. The zero-order chi connectivity index (χ0) is 9.85. The van der Waals surface area contributed by atoms with Crippen molar-refractivity contribution in [3.63, 3.8) is 0 Å². The van der Waals surface area contributed by atoms with E-state index in [9.17, 15) is 5.11 Å². The Kier molecular flexibility index (Phi) is 1.95. The number of fused-ring (bicyclic) bond motifs is 1. The number of rotatable bonds is 1. The molecule has 0 bridgehead atoms. The van der Waals surface area contributed by atoms with E-state index in [-0.39, 0.29) is 5.60 Å². The van der Waals surface area contributed by atoms with Gasteiger partial charge in [-0.25, -0.2) is 0 Å². The van der Waals surface area contributed by atoms with Crippen molar-refractivity contribution in [3.8, 4) is 0 Å². The second-order valence-electron chi connectivity index (χ2n) is 6.33. The van der Waals surface area contributed by atoms with E-state index >= 15 is 0 Å². The topological polar surface area (TPSA) is 20.2 Å². The molecule has 2 fully saturated rings. The molecule has 0 spiro atoms. The van der Waals surface area contributed by atoms with Gasteiger partial charge in [-0.2, -0.15) is 0 Å². The van der Waals surface area contributed by atoms with Crippen LogP contribution < -0.4 is 0 Å². The van der Waals surface area contributed by atoms with Gasteiger partial charge in [0.05, 0.1) is 5.60 Å². The number of hydrogen-bond acceptors (Lipinski definition) is 1. The van der Waals surface area contributed by atoms with E-state index in [1.165, 1.54) is 12.8 Å². The predicted molar refractivity (Wildman–Crippen MR) is 58.6 cm³/mol.